The molecule has 0 aliphatic carbocycles. The highest BCUT2D eigenvalue weighted by Crippen LogP contribution is 2.32. The van der Waals surface area contributed by atoms with Crippen molar-refractivity contribution in [1.29, 1.82) is 0 Å². The van der Waals surface area contributed by atoms with Crippen LogP contribution in [0.3, 0.4) is 0 Å². The van der Waals surface area contributed by atoms with Crippen LogP contribution < -0.4 is 11.1 Å². The van der Waals surface area contributed by atoms with Gasteiger partial charge < -0.3 is 11.1 Å². The van der Waals surface area contributed by atoms with Gasteiger partial charge in [-0.3, -0.25) is 0 Å². The minimum atomic E-state index is -0.313. The summed E-state index contributed by atoms with van der Waals surface area (Å²) < 4.78 is 14.2. The average molecular weight is 345 g/mol. The molecule has 0 aliphatic rings. The molecular weight excluding hydrogens is 333 g/mol. The molecule has 3 nitrogen and oxygen atoms in total. The van der Waals surface area contributed by atoms with E-state index in [1.54, 1.807) is 19.2 Å². The number of benzene rings is 1. The van der Waals surface area contributed by atoms with Crippen molar-refractivity contribution in [2.45, 2.75) is 6.04 Å². The standard InChI is InChI=1S/C13H12BrClFN3/c1-18-12(9-5-8(16)2-3-11(9)14)10-4-7(15)6-19-13(10)17/h2-6,12,18H,1H3,(H2,17,19). The molecule has 1 heterocycles. The first-order valence-corrected chi connectivity index (χ1v) is 6.73. The number of nitrogen functional groups attached to an aromatic ring is 1. The van der Waals surface area contributed by atoms with Crippen molar-refractivity contribution >= 4 is 33.3 Å². The summed E-state index contributed by atoms with van der Waals surface area (Å²) in [6.45, 7) is 0. The molecule has 19 heavy (non-hydrogen) atoms. The van der Waals surface area contributed by atoms with Crippen molar-refractivity contribution in [3.05, 3.63) is 56.9 Å². The van der Waals surface area contributed by atoms with E-state index in [1.165, 1.54) is 18.3 Å². The summed E-state index contributed by atoms with van der Waals surface area (Å²) in [5.74, 6) is 0.0481. The Morgan fingerprint density at radius 2 is 2.11 bits per heavy atom. The van der Waals surface area contributed by atoms with E-state index in [-0.39, 0.29) is 11.9 Å². The minimum absolute atomic E-state index is 0.295. The van der Waals surface area contributed by atoms with Crippen LogP contribution in [0.4, 0.5) is 10.2 Å². The molecule has 0 radical (unpaired) electrons. The summed E-state index contributed by atoms with van der Waals surface area (Å²) in [5.41, 5.74) is 7.32. The van der Waals surface area contributed by atoms with Crippen LogP contribution in [0, 0.1) is 5.82 Å². The zero-order chi connectivity index (χ0) is 14.0. The van der Waals surface area contributed by atoms with Gasteiger partial charge in [0, 0.05) is 16.2 Å². The van der Waals surface area contributed by atoms with E-state index in [1.807, 2.05) is 0 Å². The molecular formula is C13H12BrClFN3. The lowest BCUT2D eigenvalue weighted by atomic mass is 9.99. The lowest BCUT2D eigenvalue weighted by molar-refractivity contribution is 0.615. The Balaban J connectivity index is 2.55. The van der Waals surface area contributed by atoms with Crippen LogP contribution in [0.2, 0.25) is 5.02 Å². The van der Waals surface area contributed by atoms with Crippen molar-refractivity contribution in [2.24, 2.45) is 0 Å². The molecule has 0 aliphatic heterocycles. The molecule has 3 N–H and O–H groups in total. The monoisotopic (exact) mass is 343 g/mol. The number of nitrogens with zero attached hydrogens (tertiary/aromatic N) is 1. The van der Waals surface area contributed by atoms with Crippen molar-refractivity contribution in [2.75, 3.05) is 12.8 Å². The maximum atomic E-state index is 13.4. The van der Waals surface area contributed by atoms with E-state index in [4.69, 9.17) is 17.3 Å². The van der Waals surface area contributed by atoms with Crippen LogP contribution in [-0.2, 0) is 0 Å². The fourth-order valence-electron chi connectivity index (χ4n) is 1.91. The SMILES string of the molecule is CNC(c1cc(F)ccc1Br)c1cc(Cl)cnc1N. The van der Waals surface area contributed by atoms with Gasteiger partial charge >= 0.3 is 0 Å². The lowest BCUT2D eigenvalue weighted by Crippen LogP contribution is -2.20. The fourth-order valence-corrected chi connectivity index (χ4v) is 2.55. The van der Waals surface area contributed by atoms with Crippen LogP contribution in [0.25, 0.3) is 0 Å². The third kappa shape index (κ3) is 3.05. The third-order valence-corrected chi connectivity index (χ3v) is 3.71. The molecule has 2 aromatic rings. The van der Waals surface area contributed by atoms with E-state index in [9.17, 15) is 4.39 Å². The Kier molecular flexibility index (Phi) is 4.39. The predicted octanol–water partition coefficient (Wildman–Crippen LogP) is 3.53. The number of hydrogen-bond donors (Lipinski definition) is 2. The van der Waals surface area contributed by atoms with Gasteiger partial charge in [0.2, 0.25) is 0 Å². The van der Waals surface area contributed by atoms with Crippen molar-refractivity contribution in [1.82, 2.24) is 10.3 Å². The van der Waals surface area contributed by atoms with Gasteiger partial charge in [-0.2, -0.15) is 0 Å². The second-order valence-corrected chi connectivity index (χ2v) is 5.31. The van der Waals surface area contributed by atoms with Crippen LogP contribution >= 0.6 is 27.5 Å². The highest BCUT2D eigenvalue weighted by atomic mass is 79.9. The second kappa shape index (κ2) is 5.86. The number of aromatic nitrogens is 1. The number of anilines is 1. The van der Waals surface area contributed by atoms with E-state index in [0.717, 1.165) is 10.0 Å². The number of pyridine rings is 1. The average Bonchev–Trinajstić information content (AvgIpc) is 2.38. The Hall–Kier alpha value is -1.17. The number of halogens is 3. The summed E-state index contributed by atoms with van der Waals surface area (Å²) >= 11 is 9.36. The van der Waals surface area contributed by atoms with Crippen LogP contribution in [-0.4, -0.2) is 12.0 Å². The molecule has 100 valence electrons. The Bertz CT molecular complexity index is 555. The molecule has 0 spiro atoms. The summed E-state index contributed by atoms with van der Waals surface area (Å²) in [7, 11) is 1.77. The Labute approximate surface area is 124 Å². The number of nitrogens with two attached hydrogens (primary N) is 1. The Morgan fingerprint density at radius 1 is 1.37 bits per heavy atom. The molecule has 1 aromatic carbocycles. The Morgan fingerprint density at radius 3 is 2.79 bits per heavy atom. The van der Waals surface area contributed by atoms with Crippen LogP contribution in [0.15, 0.2) is 34.9 Å². The van der Waals surface area contributed by atoms with Gasteiger partial charge in [-0.15, -0.1) is 0 Å². The molecule has 1 atom stereocenters. The molecule has 1 unspecified atom stereocenters. The maximum Gasteiger partial charge on any atom is 0.128 e. The minimum Gasteiger partial charge on any atom is -0.383 e. The first-order chi connectivity index (χ1) is 9.02. The summed E-state index contributed by atoms with van der Waals surface area (Å²) in [6, 6.07) is 5.92. The molecule has 0 saturated heterocycles. The smallest absolute Gasteiger partial charge is 0.128 e. The highest BCUT2D eigenvalue weighted by molar-refractivity contribution is 9.10. The first-order valence-electron chi connectivity index (χ1n) is 5.56. The van der Waals surface area contributed by atoms with Gasteiger partial charge in [-0.05, 0) is 36.9 Å². The van der Waals surface area contributed by atoms with E-state index in [2.05, 4.69) is 26.2 Å². The molecule has 2 rings (SSSR count). The summed E-state index contributed by atoms with van der Waals surface area (Å²) in [6.07, 6.45) is 1.48. The normalized spacial score (nSPS) is 12.4. The molecule has 0 saturated carbocycles. The number of rotatable bonds is 3. The molecule has 1 aromatic heterocycles. The lowest BCUT2D eigenvalue weighted by Gasteiger charge is -2.20. The third-order valence-electron chi connectivity index (χ3n) is 2.78. The van der Waals surface area contributed by atoms with Gasteiger partial charge in [0.15, 0.2) is 0 Å². The molecule has 0 bridgehead atoms. The highest BCUT2D eigenvalue weighted by Gasteiger charge is 2.19. The number of hydrogen-bond acceptors (Lipinski definition) is 3. The van der Waals surface area contributed by atoms with Crippen molar-refractivity contribution < 1.29 is 4.39 Å². The quantitative estimate of drug-likeness (QED) is 0.895. The largest absolute Gasteiger partial charge is 0.383 e. The molecule has 6 heteroatoms. The van der Waals surface area contributed by atoms with Crippen LogP contribution in [0.5, 0.6) is 0 Å². The number of nitrogens with one attached hydrogen (secondary N) is 1. The maximum absolute atomic E-state index is 13.4. The van der Waals surface area contributed by atoms with Gasteiger partial charge in [0.05, 0.1) is 11.1 Å². The van der Waals surface area contributed by atoms with E-state index in [0.29, 0.717) is 16.4 Å². The van der Waals surface area contributed by atoms with Gasteiger partial charge in [-0.1, -0.05) is 27.5 Å². The summed E-state index contributed by atoms with van der Waals surface area (Å²) in [4.78, 5) is 4.02. The zero-order valence-electron chi connectivity index (χ0n) is 10.1. The summed E-state index contributed by atoms with van der Waals surface area (Å²) in [5, 5.41) is 3.58. The predicted molar refractivity (Wildman–Crippen MR) is 78.7 cm³/mol. The molecule has 0 fully saturated rings. The molecule has 0 amide bonds. The van der Waals surface area contributed by atoms with Crippen LogP contribution in [0.1, 0.15) is 17.2 Å². The zero-order valence-corrected chi connectivity index (χ0v) is 12.5. The van der Waals surface area contributed by atoms with Gasteiger partial charge in [-0.25, -0.2) is 9.37 Å². The topological polar surface area (TPSA) is 50.9 Å². The van der Waals surface area contributed by atoms with Gasteiger partial charge in [0.1, 0.15) is 11.6 Å². The van der Waals surface area contributed by atoms with E-state index < -0.39 is 0 Å². The second-order valence-electron chi connectivity index (χ2n) is 4.02. The van der Waals surface area contributed by atoms with Gasteiger partial charge in [0.25, 0.3) is 0 Å². The van der Waals surface area contributed by atoms with Crippen molar-refractivity contribution in [3.63, 3.8) is 0 Å². The first kappa shape index (κ1) is 14.2. The van der Waals surface area contributed by atoms with Crippen molar-refractivity contribution in [3.8, 4) is 0 Å². The fraction of sp³-hybridized carbons (Fsp3) is 0.154. The van der Waals surface area contributed by atoms with E-state index >= 15 is 0 Å².